The second kappa shape index (κ2) is 8.61. The molecule has 0 atom stereocenters. The lowest BCUT2D eigenvalue weighted by molar-refractivity contribution is -0.116. The van der Waals surface area contributed by atoms with Crippen molar-refractivity contribution in [2.24, 2.45) is 0 Å². The summed E-state index contributed by atoms with van der Waals surface area (Å²) in [7, 11) is 3.90. The standard InChI is InChI=1S/C14H22FN3O/c1-16-9-5-10-18(2)11-8-14(19)17-13-7-4-3-6-12(13)15/h3-4,6-7,16H,5,8-11H2,1-2H3,(H,17,19). The lowest BCUT2D eigenvalue weighted by Crippen LogP contribution is -2.27. The number of nitrogens with zero attached hydrogens (tertiary/aromatic N) is 1. The summed E-state index contributed by atoms with van der Waals surface area (Å²) in [6.07, 6.45) is 1.41. The molecule has 2 N–H and O–H groups in total. The van der Waals surface area contributed by atoms with Crippen molar-refractivity contribution in [1.29, 1.82) is 0 Å². The quantitative estimate of drug-likeness (QED) is 0.705. The first-order chi connectivity index (χ1) is 9.13. The van der Waals surface area contributed by atoms with E-state index in [-0.39, 0.29) is 11.6 Å². The molecule has 19 heavy (non-hydrogen) atoms. The van der Waals surface area contributed by atoms with Crippen LogP contribution in [0, 0.1) is 5.82 Å². The van der Waals surface area contributed by atoms with Crippen LogP contribution in [0.1, 0.15) is 12.8 Å². The lowest BCUT2D eigenvalue weighted by atomic mass is 10.3. The number of hydrogen-bond donors (Lipinski definition) is 2. The molecule has 1 aromatic carbocycles. The molecule has 1 amide bonds. The van der Waals surface area contributed by atoms with Crippen molar-refractivity contribution in [2.75, 3.05) is 39.0 Å². The molecule has 0 saturated heterocycles. The fourth-order valence-electron chi connectivity index (χ4n) is 1.71. The molecule has 0 heterocycles. The largest absolute Gasteiger partial charge is 0.324 e. The lowest BCUT2D eigenvalue weighted by Gasteiger charge is -2.16. The van der Waals surface area contributed by atoms with Crippen molar-refractivity contribution < 1.29 is 9.18 Å². The molecule has 5 heteroatoms. The molecular formula is C14H22FN3O. The van der Waals surface area contributed by atoms with Gasteiger partial charge in [-0.1, -0.05) is 12.1 Å². The maximum absolute atomic E-state index is 13.3. The summed E-state index contributed by atoms with van der Waals surface area (Å²) >= 11 is 0. The van der Waals surface area contributed by atoms with Crippen LogP contribution >= 0.6 is 0 Å². The summed E-state index contributed by atoms with van der Waals surface area (Å²) in [5.41, 5.74) is 0.241. The van der Waals surface area contributed by atoms with Gasteiger partial charge >= 0.3 is 0 Å². The third-order valence-electron chi connectivity index (χ3n) is 2.84. The summed E-state index contributed by atoms with van der Waals surface area (Å²) in [6, 6.07) is 6.19. The van der Waals surface area contributed by atoms with Crippen molar-refractivity contribution in [1.82, 2.24) is 10.2 Å². The van der Waals surface area contributed by atoms with Gasteiger partial charge in [-0.25, -0.2) is 4.39 Å². The zero-order chi connectivity index (χ0) is 14.1. The van der Waals surface area contributed by atoms with Crippen LogP contribution in [0.3, 0.4) is 0 Å². The number of amides is 1. The van der Waals surface area contributed by atoms with Gasteiger partial charge in [0.1, 0.15) is 5.82 Å². The monoisotopic (exact) mass is 267 g/mol. The first kappa shape index (κ1) is 15.6. The number of carbonyl (C=O) groups excluding carboxylic acids is 1. The van der Waals surface area contributed by atoms with E-state index >= 15 is 0 Å². The van der Waals surface area contributed by atoms with Gasteiger partial charge in [0, 0.05) is 13.0 Å². The van der Waals surface area contributed by atoms with E-state index in [1.165, 1.54) is 6.07 Å². The average molecular weight is 267 g/mol. The minimum atomic E-state index is -0.404. The van der Waals surface area contributed by atoms with Gasteiger partial charge in [0.05, 0.1) is 5.69 Å². The van der Waals surface area contributed by atoms with Crippen LogP contribution in [0.25, 0.3) is 0 Å². The van der Waals surface area contributed by atoms with E-state index in [1.54, 1.807) is 18.2 Å². The molecule has 1 aromatic rings. The number of anilines is 1. The van der Waals surface area contributed by atoms with Crippen LogP contribution in [0.4, 0.5) is 10.1 Å². The summed E-state index contributed by atoms with van der Waals surface area (Å²) in [5, 5.41) is 5.66. The van der Waals surface area contributed by atoms with E-state index in [9.17, 15) is 9.18 Å². The normalized spacial score (nSPS) is 10.7. The zero-order valence-electron chi connectivity index (χ0n) is 11.6. The van der Waals surface area contributed by atoms with Gasteiger partial charge < -0.3 is 15.5 Å². The molecule has 0 unspecified atom stereocenters. The van der Waals surface area contributed by atoms with Crippen molar-refractivity contribution >= 4 is 11.6 Å². The van der Waals surface area contributed by atoms with Crippen molar-refractivity contribution in [3.05, 3.63) is 30.1 Å². The van der Waals surface area contributed by atoms with Gasteiger partial charge in [0.25, 0.3) is 0 Å². The highest BCUT2D eigenvalue weighted by Gasteiger charge is 2.07. The van der Waals surface area contributed by atoms with Crippen LogP contribution in [-0.4, -0.2) is 44.5 Å². The zero-order valence-corrected chi connectivity index (χ0v) is 11.6. The Morgan fingerprint density at radius 1 is 1.32 bits per heavy atom. The molecule has 0 saturated carbocycles. The molecule has 0 aliphatic rings. The Morgan fingerprint density at radius 2 is 2.05 bits per heavy atom. The second-order valence-electron chi connectivity index (χ2n) is 4.54. The predicted molar refractivity (Wildman–Crippen MR) is 75.7 cm³/mol. The number of nitrogens with one attached hydrogen (secondary N) is 2. The maximum Gasteiger partial charge on any atom is 0.225 e. The minimum absolute atomic E-state index is 0.162. The van der Waals surface area contributed by atoms with E-state index in [0.29, 0.717) is 13.0 Å². The molecular weight excluding hydrogens is 245 g/mol. The third-order valence-corrected chi connectivity index (χ3v) is 2.84. The Morgan fingerprint density at radius 3 is 2.74 bits per heavy atom. The average Bonchev–Trinajstić information content (AvgIpc) is 2.39. The van der Waals surface area contributed by atoms with E-state index in [4.69, 9.17) is 0 Å². The number of para-hydroxylation sites is 1. The fourth-order valence-corrected chi connectivity index (χ4v) is 1.71. The summed E-state index contributed by atoms with van der Waals surface area (Å²) in [6.45, 7) is 2.57. The Bertz CT molecular complexity index is 398. The Labute approximate surface area is 114 Å². The fraction of sp³-hybridized carbons (Fsp3) is 0.500. The van der Waals surface area contributed by atoms with Crippen LogP contribution in [-0.2, 0) is 4.79 Å². The highest BCUT2D eigenvalue weighted by Crippen LogP contribution is 2.12. The van der Waals surface area contributed by atoms with Crippen LogP contribution in [0.5, 0.6) is 0 Å². The molecule has 0 aromatic heterocycles. The van der Waals surface area contributed by atoms with Gasteiger partial charge in [0.15, 0.2) is 0 Å². The van der Waals surface area contributed by atoms with E-state index in [0.717, 1.165) is 19.5 Å². The number of carbonyl (C=O) groups is 1. The Balaban J connectivity index is 2.26. The molecule has 0 spiro atoms. The van der Waals surface area contributed by atoms with Crippen molar-refractivity contribution in [3.63, 3.8) is 0 Å². The van der Waals surface area contributed by atoms with Crippen LogP contribution < -0.4 is 10.6 Å². The molecule has 1 rings (SSSR count). The number of halogens is 1. The van der Waals surface area contributed by atoms with Crippen molar-refractivity contribution in [3.8, 4) is 0 Å². The predicted octanol–water partition coefficient (Wildman–Crippen LogP) is 1.70. The molecule has 0 bridgehead atoms. The highest BCUT2D eigenvalue weighted by atomic mass is 19.1. The van der Waals surface area contributed by atoms with Gasteiger partial charge in [-0.3, -0.25) is 4.79 Å². The molecule has 0 fully saturated rings. The first-order valence-electron chi connectivity index (χ1n) is 6.51. The summed E-state index contributed by atoms with van der Waals surface area (Å²) in [4.78, 5) is 13.8. The smallest absolute Gasteiger partial charge is 0.225 e. The summed E-state index contributed by atoms with van der Waals surface area (Å²) in [5.74, 6) is -0.566. The van der Waals surface area contributed by atoms with Crippen LogP contribution in [0.2, 0.25) is 0 Å². The SMILES string of the molecule is CNCCCN(C)CCC(=O)Nc1ccccc1F. The Kier molecular flexibility index (Phi) is 7.07. The topological polar surface area (TPSA) is 44.4 Å². The number of hydrogen-bond acceptors (Lipinski definition) is 3. The molecule has 4 nitrogen and oxygen atoms in total. The first-order valence-corrected chi connectivity index (χ1v) is 6.51. The van der Waals surface area contributed by atoms with Crippen LogP contribution in [0.15, 0.2) is 24.3 Å². The number of benzene rings is 1. The van der Waals surface area contributed by atoms with Gasteiger partial charge in [-0.2, -0.15) is 0 Å². The number of rotatable bonds is 8. The highest BCUT2D eigenvalue weighted by molar-refractivity contribution is 5.90. The van der Waals surface area contributed by atoms with Gasteiger partial charge in [-0.15, -0.1) is 0 Å². The molecule has 0 radical (unpaired) electrons. The minimum Gasteiger partial charge on any atom is -0.324 e. The maximum atomic E-state index is 13.3. The van der Waals surface area contributed by atoms with E-state index in [1.807, 2.05) is 14.1 Å². The molecule has 0 aliphatic heterocycles. The van der Waals surface area contributed by atoms with Crippen molar-refractivity contribution in [2.45, 2.75) is 12.8 Å². The second-order valence-corrected chi connectivity index (χ2v) is 4.54. The summed E-state index contributed by atoms with van der Waals surface area (Å²) < 4.78 is 13.3. The van der Waals surface area contributed by atoms with E-state index in [2.05, 4.69) is 15.5 Å². The van der Waals surface area contributed by atoms with Gasteiger partial charge in [0.2, 0.25) is 5.91 Å². The molecule has 106 valence electrons. The van der Waals surface area contributed by atoms with E-state index < -0.39 is 5.82 Å². The Hall–Kier alpha value is -1.46. The molecule has 0 aliphatic carbocycles. The third kappa shape index (κ3) is 6.31. The van der Waals surface area contributed by atoms with Gasteiger partial charge in [-0.05, 0) is 45.7 Å².